The number of aromatic nitrogens is 2. The van der Waals surface area contributed by atoms with Gasteiger partial charge in [0.05, 0.1) is 18.5 Å². The molecule has 1 aliphatic heterocycles. The van der Waals surface area contributed by atoms with E-state index < -0.39 is 0 Å². The van der Waals surface area contributed by atoms with Crippen LogP contribution in [0, 0.1) is 5.92 Å². The lowest BCUT2D eigenvalue weighted by atomic mass is 9.87. The summed E-state index contributed by atoms with van der Waals surface area (Å²) in [6.07, 6.45) is 5.12. The maximum atomic E-state index is 13.1. The number of piperidine rings is 1. The van der Waals surface area contributed by atoms with E-state index in [1.165, 1.54) is 11.1 Å². The summed E-state index contributed by atoms with van der Waals surface area (Å²) in [7, 11) is 0. The minimum atomic E-state index is -0.0171. The highest BCUT2D eigenvalue weighted by Crippen LogP contribution is 2.30. The first-order valence-electron chi connectivity index (χ1n) is 11.3. The topological polar surface area (TPSA) is 71.3 Å². The predicted molar refractivity (Wildman–Crippen MR) is 123 cm³/mol. The van der Waals surface area contributed by atoms with Crippen molar-refractivity contribution in [1.82, 2.24) is 20.4 Å². The minimum absolute atomic E-state index is 0.0171. The van der Waals surface area contributed by atoms with Crippen LogP contribution in [-0.2, 0) is 17.8 Å². The summed E-state index contributed by atoms with van der Waals surface area (Å²) >= 11 is 5.96. The van der Waals surface area contributed by atoms with E-state index in [-0.39, 0.29) is 17.9 Å². The number of aryl methyl sites for hydroxylation is 1. The maximum Gasteiger partial charge on any atom is 0.241 e. The number of hydrogen-bond donors (Lipinski definition) is 1. The molecule has 0 radical (unpaired) electrons. The molecule has 2 aromatic carbocycles. The Bertz CT molecular complexity index is 1080. The van der Waals surface area contributed by atoms with Gasteiger partial charge in [-0.15, -0.1) is 0 Å². The van der Waals surface area contributed by atoms with Gasteiger partial charge < -0.3 is 9.84 Å². The van der Waals surface area contributed by atoms with Crippen molar-refractivity contribution >= 4 is 17.5 Å². The van der Waals surface area contributed by atoms with Crippen LogP contribution < -0.4 is 5.32 Å². The largest absolute Gasteiger partial charge is 0.349 e. The van der Waals surface area contributed by atoms with E-state index in [1.807, 2.05) is 24.3 Å². The molecule has 2 heterocycles. The summed E-state index contributed by atoms with van der Waals surface area (Å²) in [5, 5.41) is 8.10. The first-order chi connectivity index (χ1) is 15.7. The molecule has 1 aliphatic carbocycles. The van der Waals surface area contributed by atoms with Gasteiger partial charge in [0.1, 0.15) is 0 Å². The van der Waals surface area contributed by atoms with Crippen molar-refractivity contribution in [2.24, 2.45) is 5.92 Å². The van der Waals surface area contributed by atoms with Crippen molar-refractivity contribution in [1.29, 1.82) is 0 Å². The summed E-state index contributed by atoms with van der Waals surface area (Å²) in [6.45, 7) is 2.18. The number of amides is 1. The van der Waals surface area contributed by atoms with Crippen LogP contribution in [0.5, 0.6) is 0 Å². The van der Waals surface area contributed by atoms with Crippen LogP contribution in [0.1, 0.15) is 48.7 Å². The number of rotatable bonds is 5. The zero-order valence-electron chi connectivity index (χ0n) is 18.0. The highest BCUT2D eigenvalue weighted by atomic mass is 35.5. The number of fused-ring (bicyclic) bond motifs is 1. The molecule has 6 nitrogen and oxygen atoms in total. The number of nitrogens with one attached hydrogen (secondary N) is 1. The van der Waals surface area contributed by atoms with E-state index in [0.717, 1.165) is 44.2 Å². The molecule has 1 amide bonds. The Kier molecular flexibility index (Phi) is 6.23. The second-order valence-corrected chi connectivity index (χ2v) is 9.18. The van der Waals surface area contributed by atoms with Gasteiger partial charge >= 0.3 is 0 Å². The summed E-state index contributed by atoms with van der Waals surface area (Å²) < 4.78 is 5.47. The van der Waals surface area contributed by atoms with Gasteiger partial charge in [-0.05, 0) is 74.0 Å². The van der Waals surface area contributed by atoms with Gasteiger partial charge in [-0.1, -0.05) is 41.0 Å². The Labute approximate surface area is 193 Å². The molecular weight excluding hydrogens is 424 g/mol. The Hall–Kier alpha value is -2.70. The zero-order chi connectivity index (χ0) is 21.9. The number of likely N-dealkylation sites (tertiary alicyclic amines) is 1. The summed E-state index contributed by atoms with van der Waals surface area (Å²) in [4.78, 5) is 19.9. The molecule has 1 saturated heterocycles. The average Bonchev–Trinajstić information content (AvgIpc) is 3.28. The number of carbonyl (C=O) groups is 1. The van der Waals surface area contributed by atoms with E-state index in [9.17, 15) is 4.79 Å². The van der Waals surface area contributed by atoms with E-state index in [2.05, 4.69) is 44.6 Å². The molecule has 2 aliphatic rings. The van der Waals surface area contributed by atoms with E-state index in [1.54, 1.807) is 0 Å². The SMILES string of the molecule is O=C(NC1CCCc2ccccc21)C1CCCN(Cc2nc(-c3ccc(Cl)cc3)no2)C1. The van der Waals surface area contributed by atoms with Gasteiger partial charge in [0, 0.05) is 17.1 Å². The Morgan fingerprint density at radius 1 is 1.12 bits per heavy atom. The van der Waals surface area contributed by atoms with Crippen LogP contribution in [0.2, 0.25) is 5.02 Å². The zero-order valence-corrected chi connectivity index (χ0v) is 18.7. The minimum Gasteiger partial charge on any atom is -0.349 e. The quantitative estimate of drug-likeness (QED) is 0.604. The van der Waals surface area contributed by atoms with Crippen molar-refractivity contribution < 1.29 is 9.32 Å². The number of benzene rings is 2. The normalized spacial score (nSPS) is 21.2. The molecule has 0 spiro atoms. The summed E-state index contributed by atoms with van der Waals surface area (Å²) in [5.74, 6) is 1.26. The number of halogens is 1. The van der Waals surface area contributed by atoms with Crippen LogP contribution in [-0.4, -0.2) is 34.0 Å². The van der Waals surface area contributed by atoms with E-state index >= 15 is 0 Å². The van der Waals surface area contributed by atoms with Gasteiger partial charge in [-0.3, -0.25) is 9.69 Å². The second kappa shape index (κ2) is 9.43. The fourth-order valence-corrected chi connectivity index (χ4v) is 4.96. The molecule has 7 heteroatoms. The molecule has 0 saturated carbocycles. The lowest BCUT2D eigenvalue weighted by molar-refractivity contribution is -0.127. The van der Waals surface area contributed by atoms with Crippen molar-refractivity contribution in [3.8, 4) is 11.4 Å². The average molecular weight is 451 g/mol. The van der Waals surface area contributed by atoms with Crippen molar-refractivity contribution in [2.75, 3.05) is 13.1 Å². The number of nitrogens with zero attached hydrogens (tertiary/aromatic N) is 3. The molecule has 1 N–H and O–H groups in total. The smallest absolute Gasteiger partial charge is 0.241 e. The molecule has 1 fully saturated rings. The van der Waals surface area contributed by atoms with Gasteiger partial charge in [0.2, 0.25) is 17.6 Å². The maximum absolute atomic E-state index is 13.1. The van der Waals surface area contributed by atoms with E-state index in [0.29, 0.717) is 29.8 Å². The fraction of sp³-hybridized carbons (Fsp3) is 0.400. The van der Waals surface area contributed by atoms with Gasteiger partial charge in [-0.2, -0.15) is 4.98 Å². The molecule has 32 heavy (non-hydrogen) atoms. The lowest BCUT2D eigenvalue weighted by Crippen LogP contribution is -2.44. The van der Waals surface area contributed by atoms with Crippen LogP contribution in [0.25, 0.3) is 11.4 Å². The van der Waals surface area contributed by atoms with E-state index in [4.69, 9.17) is 16.1 Å². The fourth-order valence-electron chi connectivity index (χ4n) is 4.83. The molecule has 2 unspecified atom stereocenters. The van der Waals surface area contributed by atoms with Crippen molar-refractivity contribution in [3.63, 3.8) is 0 Å². The lowest BCUT2D eigenvalue weighted by Gasteiger charge is -2.33. The molecule has 2 atom stereocenters. The highest BCUT2D eigenvalue weighted by Gasteiger charge is 2.29. The Morgan fingerprint density at radius 3 is 2.84 bits per heavy atom. The van der Waals surface area contributed by atoms with Crippen LogP contribution in [0.4, 0.5) is 0 Å². The third-order valence-corrected chi connectivity index (χ3v) is 6.74. The van der Waals surface area contributed by atoms with Crippen molar-refractivity contribution in [3.05, 3.63) is 70.6 Å². The van der Waals surface area contributed by atoms with Crippen LogP contribution >= 0.6 is 11.6 Å². The molecule has 1 aromatic heterocycles. The predicted octanol–water partition coefficient (Wildman–Crippen LogP) is 4.80. The van der Waals surface area contributed by atoms with Crippen LogP contribution in [0.3, 0.4) is 0 Å². The third kappa shape index (κ3) is 4.71. The first kappa shape index (κ1) is 21.2. The molecule has 166 valence electrons. The first-order valence-corrected chi connectivity index (χ1v) is 11.7. The van der Waals surface area contributed by atoms with Crippen LogP contribution in [0.15, 0.2) is 53.1 Å². The van der Waals surface area contributed by atoms with Gasteiger partial charge in [0.15, 0.2) is 0 Å². The summed E-state index contributed by atoms with van der Waals surface area (Å²) in [6, 6.07) is 16.0. The number of carbonyl (C=O) groups excluding carboxylic acids is 1. The monoisotopic (exact) mass is 450 g/mol. The second-order valence-electron chi connectivity index (χ2n) is 8.75. The Balaban J connectivity index is 1.20. The Morgan fingerprint density at radius 2 is 1.97 bits per heavy atom. The highest BCUT2D eigenvalue weighted by molar-refractivity contribution is 6.30. The third-order valence-electron chi connectivity index (χ3n) is 6.49. The molecule has 0 bridgehead atoms. The van der Waals surface area contributed by atoms with Gasteiger partial charge in [0.25, 0.3) is 0 Å². The molecule has 3 aromatic rings. The number of hydrogen-bond acceptors (Lipinski definition) is 5. The summed E-state index contributed by atoms with van der Waals surface area (Å²) in [5.41, 5.74) is 3.51. The molecular formula is C25H27ClN4O2. The van der Waals surface area contributed by atoms with Crippen molar-refractivity contribution in [2.45, 2.75) is 44.7 Å². The van der Waals surface area contributed by atoms with Gasteiger partial charge in [-0.25, -0.2) is 0 Å². The molecule has 5 rings (SSSR count). The standard InChI is InChI=1S/C25H27ClN4O2/c26-20-12-10-18(11-13-20)24-28-23(32-29-24)16-30-14-4-7-19(15-30)25(31)27-22-9-3-6-17-5-1-2-8-21(17)22/h1-2,5,8,10-13,19,22H,3-4,6-7,9,14-16H2,(H,27,31).